The van der Waals surface area contributed by atoms with Crippen molar-refractivity contribution >= 4 is 29.1 Å². The van der Waals surface area contributed by atoms with E-state index < -0.39 is 0 Å². The van der Waals surface area contributed by atoms with E-state index in [1.54, 1.807) is 43.5 Å². The number of halogens is 1. The van der Waals surface area contributed by atoms with Crippen molar-refractivity contribution in [3.8, 4) is 17.2 Å². The second-order valence-electron chi connectivity index (χ2n) is 5.54. The number of anilines is 1. The Kier molecular flexibility index (Phi) is 7.31. The van der Waals surface area contributed by atoms with Crippen LogP contribution in [-0.4, -0.2) is 39.7 Å². The maximum atomic E-state index is 12.1. The highest BCUT2D eigenvalue weighted by Gasteiger charge is 2.10. The van der Waals surface area contributed by atoms with E-state index >= 15 is 0 Å². The highest BCUT2D eigenvalue weighted by molar-refractivity contribution is 6.32. The van der Waals surface area contributed by atoms with Gasteiger partial charge in [-0.3, -0.25) is 9.59 Å². The summed E-state index contributed by atoms with van der Waals surface area (Å²) in [4.78, 5) is 24.0. The molecule has 0 fully saturated rings. The van der Waals surface area contributed by atoms with Crippen molar-refractivity contribution in [1.29, 1.82) is 0 Å². The Hall–Kier alpha value is -2.93. The molecule has 0 aliphatic carbocycles. The molecule has 2 rings (SSSR count). The monoisotopic (exact) mass is 392 g/mol. The predicted octanol–water partition coefficient (Wildman–Crippen LogP) is 2.66. The van der Waals surface area contributed by atoms with Crippen LogP contribution in [0, 0.1) is 0 Å². The Labute approximate surface area is 162 Å². The van der Waals surface area contributed by atoms with Crippen LogP contribution >= 0.6 is 11.6 Å². The average Bonchev–Trinajstić information content (AvgIpc) is 2.66. The number of amides is 2. The predicted molar refractivity (Wildman–Crippen MR) is 103 cm³/mol. The van der Waals surface area contributed by atoms with Gasteiger partial charge in [0.15, 0.2) is 11.5 Å². The van der Waals surface area contributed by atoms with E-state index in [1.165, 1.54) is 14.2 Å². The molecule has 2 aromatic carbocycles. The molecule has 2 amide bonds. The van der Waals surface area contributed by atoms with Crippen LogP contribution in [0.1, 0.15) is 5.56 Å². The van der Waals surface area contributed by atoms with Gasteiger partial charge in [0.2, 0.25) is 11.8 Å². The molecule has 0 spiro atoms. The van der Waals surface area contributed by atoms with Gasteiger partial charge in [0.25, 0.3) is 0 Å². The summed E-state index contributed by atoms with van der Waals surface area (Å²) in [6, 6.07) is 10.1. The molecule has 0 radical (unpaired) electrons. The lowest BCUT2D eigenvalue weighted by Gasteiger charge is -2.10. The highest BCUT2D eigenvalue weighted by atomic mass is 35.5. The molecule has 7 nitrogen and oxygen atoms in total. The number of hydrogen-bond acceptors (Lipinski definition) is 5. The summed E-state index contributed by atoms with van der Waals surface area (Å²) >= 11 is 6.01. The summed E-state index contributed by atoms with van der Waals surface area (Å²) in [5.74, 6) is 0.982. The summed E-state index contributed by atoms with van der Waals surface area (Å²) in [6.07, 6.45) is 0.113. The van der Waals surface area contributed by atoms with Gasteiger partial charge >= 0.3 is 0 Å². The molecular weight excluding hydrogens is 372 g/mol. The molecular formula is C19H21ClN2O5. The van der Waals surface area contributed by atoms with Crippen LogP contribution in [0.5, 0.6) is 17.2 Å². The molecule has 0 aliphatic rings. The van der Waals surface area contributed by atoms with Crippen molar-refractivity contribution in [3.63, 3.8) is 0 Å². The molecule has 0 aliphatic heterocycles. The van der Waals surface area contributed by atoms with E-state index in [1.807, 2.05) is 0 Å². The summed E-state index contributed by atoms with van der Waals surface area (Å²) in [5.41, 5.74) is 1.26. The number of ether oxygens (including phenoxy) is 3. The maximum absolute atomic E-state index is 12.1. The first kappa shape index (κ1) is 20.4. The van der Waals surface area contributed by atoms with Crippen molar-refractivity contribution in [1.82, 2.24) is 5.32 Å². The molecule has 0 bridgehead atoms. The summed E-state index contributed by atoms with van der Waals surface area (Å²) in [5, 5.41) is 5.61. The van der Waals surface area contributed by atoms with E-state index in [0.29, 0.717) is 28.0 Å². The van der Waals surface area contributed by atoms with Gasteiger partial charge in [0, 0.05) is 5.69 Å². The van der Waals surface area contributed by atoms with E-state index in [4.69, 9.17) is 25.8 Å². The first-order valence-electron chi connectivity index (χ1n) is 8.07. The van der Waals surface area contributed by atoms with E-state index in [9.17, 15) is 9.59 Å². The van der Waals surface area contributed by atoms with Crippen LogP contribution in [0.4, 0.5) is 5.69 Å². The Bertz CT molecular complexity index is 826. The minimum atomic E-state index is -0.364. The first-order chi connectivity index (χ1) is 13.0. The van der Waals surface area contributed by atoms with Gasteiger partial charge in [-0.2, -0.15) is 0 Å². The smallest absolute Gasteiger partial charge is 0.243 e. The van der Waals surface area contributed by atoms with Crippen LogP contribution < -0.4 is 24.8 Å². The minimum Gasteiger partial charge on any atom is -0.495 e. The molecule has 0 unspecified atom stereocenters. The Morgan fingerprint density at radius 1 is 0.889 bits per heavy atom. The summed E-state index contributed by atoms with van der Waals surface area (Å²) in [7, 11) is 4.57. The SMILES string of the molecule is COc1ccc(NC(=O)CNC(=O)Cc2ccc(OC)c(OC)c2)cc1Cl. The van der Waals surface area contributed by atoms with Gasteiger partial charge in [0.05, 0.1) is 39.3 Å². The van der Waals surface area contributed by atoms with Gasteiger partial charge in [-0.1, -0.05) is 17.7 Å². The van der Waals surface area contributed by atoms with Crippen LogP contribution in [0.15, 0.2) is 36.4 Å². The maximum Gasteiger partial charge on any atom is 0.243 e. The Morgan fingerprint density at radius 2 is 1.56 bits per heavy atom. The summed E-state index contributed by atoms with van der Waals surface area (Å²) in [6.45, 7) is -0.157. The number of rotatable bonds is 8. The number of benzene rings is 2. The zero-order valence-electron chi connectivity index (χ0n) is 15.3. The molecule has 2 aromatic rings. The fraction of sp³-hybridized carbons (Fsp3) is 0.263. The molecule has 27 heavy (non-hydrogen) atoms. The molecule has 0 aromatic heterocycles. The second-order valence-corrected chi connectivity index (χ2v) is 5.95. The van der Waals surface area contributed by atoms with Gasteiger partial charge < -0.3 is 24.8 Å². The number of hydrogen-bond donors (Lipinski definition) is 2. The average molecular weight is 393 g/mol. The lowest BCUT2D eigenvalue weighted by Crippen LogP contribution is -2.33. The Balaban J connectivity index is 1.86. The fourth-order valence-corrected chi connectivity index (χ4v) is 2.62. The number of methoxy groups -OCH3 is 3. The highest BCUT2D eigenvalue weighted by Crippen LogP contribution is 2.28. The second kappa shape index (κ2) is 9.68. The van der Waals surface area contributed by atoms with Crippen LogP contribution in [0.3, 0.4) is 0 Å². The van der Waals surface area contributed by atoms with Crippen molar-refractivity contribution in [2.24, 2.45) is 0 Å². The lowest BCUT2D eigenvalue weighted by molar-refractivity contribution is -0.123. The topological polar surface area (TPSA) is 85.9 Å². The molecule has 0 heterocycles. The van der Waals surface area contributed by atoms with Crippen LogP contribution in [0.2, 0.25) is 5.02 Å². The quantitative estimate of drug-likeness (QED) is 0.721. The number of carbonyl (C=O) groups excluding carboxylic acids is 2. The van der Waals surface area contributed by atoms with Crippen molar-refractivity contribution in [2.45, 2.75) is 6.42 Å². The third-order valence-corrected chi connectivity index (χ3v) is 3.99. The summed E-state index contributed by atoms with van der Waals surface area (Å²) < 4.78 is 15.4. The normalized spacial score (nSPS) is 10.1. The van der Waals surface area contributed by atoms with Crippen LogP contribution in [0.25, 0.3) is 0 Å². The largest absolute Gasteiger partial charge is 0.495 e. The minimum absolute atomic E-state index is 0.113. The third kappa shape index (κ3) is 5.79. The molecule has 0 saturated heterocycles. The van der Waals surface area contributed by atoms with Gasteiger partial charge in [0.1, 0.15) is 5.75 Å². The zero-order valence-corrected chi connectivity index (χ0v) is 16.1. The molecule has 8 heteroatoms. The van der Waals surface area contributed by atoms with E-state index in [0.717, 1.165) is 5.56 Å². The van der Waals surface area contributed by atoms with Crippen molar-refractivity contribution in [3.05, 3.63) is 47.0 Å². The van der Waals surface area contributed by atoms with Crippen molar-refractivity contribution < 1.29 is 23.8 Å². The van der Waals surface area contributed by atoms with Gasteiger partial charge in [-0.05, 0) is 35.9 Å². The van der Waals surface area contributed by atoms with Gasteiger partial charge in [-0.25, -0.2) is 0 Å². The standard InChI is InChI=1S/C19H21ClN2O5/c1-25-15-7-5-13(10-14(15)20)22-19(24)11-21-18(23)9-12-4-6-16(26-2)17(8-12)27-3/h4-8,10H,9,11H2,1-3H3,(H,21,23)(H,22,24). The first-order valence-corrected chi connectivity index (χ1v) is 8.45. The van der Waals surface area contributed by atoms with Gasteiger partial charge in [-0.15, -0.1) is 0 Å². The van der Waals surface area contributed by atoms with Crippen LogP contribution in [-0.2, 0) is 16.0 Å². The molecule has 144 valence electrons. The zero-order chi connectivity index (χ0) is 19.8. The molecule has 0 atom stereocenters. The van der Waals surface area contributed by atoms with Crippen molar-refractivity contribution in [2.75, 3.05) is 33.2 Å². The van der Waals surface area contributed by atoms with E-state index in [2.05, 4.69) is 10.6 Å². The Morgan fingerprint density at radius 3 is 2.19 bits per heavy atom. The molecule has 0 saturated carbocycles. The fourth-order valence-electron chi connectivity index (χ4n) is 2.37. The number of carbonyl (C=O) groups is 2. The number of nitrogens with one attached hydrogen (secondary N) is 2. The lowest BCUT2D eigenvalue weighted by atomic mass is 10.1. The molecule has 2 N–H and O–H groups in total. The third-order valence-electron chi connectivity index (χ3n) is 3.69. The van der Waals surface area contributed by atoms with E-state index in [-0.39, 0.29) is 24.8 Å².